The number of hydrogen-bond donors (Lipinski definition) is 1. The molecule has 0 bridgehead atoms. The third-order valence-corrected chi connectivity index (χ3v) is 7.08. The number of hydrogen-bond acceptors (Lipinski definition) is 7. The predicted octanol–water partition coefficient (Wildman–Crippen LogP) is 5.41. The quantitative estimate of drug-likeness (QED) is 0.346. The van der Waals surface area contributed by atoms with Gasteiger partial charge in [0, 0.05) is 44.1 Å². The number of fused-ring (bicyclic) bond motifs is 1. The molecule has 2 N–H and O–H groups in total. The number of nitrogens with two attached hydrogens (primary N) is 1. The fraction of sp³-hybridized carbons (Fsp3) is 0.179. The molecule has 0 radical (unpaired) electrons. The maximum atomic E-state index is 13.1. The van der Waals surface area contributed by atoms with Gasteiger partial charge in [-0.15, -0.1) is 0 Å². The number of nitriles is 1. The lowest BCUT2D eigenvalue weighted by Gasteiger charge is -2.19. The van der Waals surface area contributed by atoms with Crippen LogP contribution in [-0.2, 0) is 4.79 Å². The lowest BCUT2D eigenvalue weighted by Crippen LogP contribution is -2.25. The van der Waals surface area contributed by atoms with Crippen LogP contribution in [0.3, 0.4) is 0 Å². The van der Waals surface area contributed by atoms with Crippen molar-refractivity contribution in [3.8, 4) is 17.6 Å². The minimum Gasteiger partial charge on any atom is -0.453 e. The molecule has 0 aliphatic carbocycles. The van der Waals surface area contributed by atoms with Gasteiger partial charge in [0.25, 0.3) is 5.91 Å². The molecule has 5 rings (SSSR count). The lowest BCUT2D eigenvalue weighted by atomic mass is 9.98. The van der Waals surface area contributed by atoms with Gasteiger partial charge in [-0.1, -0.05) is 35.3 Å². The van der Waals surface area contributed by atoms with E-state index >= 15 is 0 Å². The number of carbonyl (C=O) groups excluding carboxylic acids is 2. The Bertz CT molecular complexity index is 1680. The fourth-order valence-corrected chi connectivity index (χ4v) is 4.82. The molecule has 2 heterocycles. The third-order valence-electron chi connectivity index (χ3n) is 6.47. The molecule has 1 atom stereocenters. The van der Waals surface area contributed by atoms with E-state index < -0.39 is 0 Å². The Balaban J connectivity index is 1.41. The van der Waals surface area contributed by atoms with E-state index in [9.17, 15) is 14.9 Å². The Labute approximate surface area is 234 Å². The molecule has 196 valence electrons. The number of benzene rings is 3. The smallest absolute Gasteiger partial charge is 0.291 e. The zero-order chi connectivity index (χ0) is 27.8. The van der Waals surface area contributed by atoms with E-state index in [0.29, 0.717) is 33.9 Å². The van der Waals surface area contributed by atoms with Crippen LogP contribution in [0.25, 0.3) is 10.9 Å². The number of nitrogen functional groups attached to an aromatic ring is 1. The standard InChI is InChI=1S/C28H22Cl2N6O3/c1-35(2)28(38)27-33-22-9-7-18(12-19(22)26(32)34-27)36-14-17(11-24(36)37)15-6-8-20(29)23(10-15)39-25-16(13-31)4-3-5-21(25)30/h3-10,12,17H,11,14H2,1-2H3,(H2,32,33,34)/t17-/m0/s1. The Kier molecular flexibility index (Phi) is 7.00. The molecule has 1 fully saturated rings. The monoisotopic (exact) mass is 560 g/mol. The van der Waals surface area contributed by atoms with Crippen molar-refractivity contribution in [3.05, 3.63) is 81.6 Å². The van der Waals surface area contributed by atoms with Crippen LogP contribution >= 0.6 is 23.2 Å². The van der Waals surface area contributed by atoms with Crippen molar-refractivity contribution in [1.29, 1.82) is 5.26 Å². The summed E-state index contributed by atoms with van der Waals surface area (Å²) in [6.07, 6.45) is 0.275. The summed E-state index contributed by atoms with van der Waals surface area (Å²) in [6, 6.07) is 17.5. The molecule has 1 aliphatic rings. The Morgan fingerprint density at radius 1 is 1.13 bits per heavy atom. The van der Waals surface area contributed by atoms with Gasteiger partial charge in [0.2, 0.25) is 11.7 Å². The summed E-state index contributed by atoms with van der Waals surface area (Å²) in [4.78, 5) is 36.9. The summed E-state index contributed by atoms with van der Waals surface area (Å²) in [6.45, 7) is 0.416. The number of ether oxygens (including phenoxy) is 1. The minimum absolute atomic E-state index is 0.00880. The molecule has 0 spiro atoms. The molecule has 9 nitrogen and oxygen atoms in total. The lowest BCUT2D eigenvalue weighted by molar-refractivity contribution is -0.117. The third kappa shape index (κ3) is 5.04. The van der Waals surface area contributed by atoms with Crippen LogP contribution in [0.1, 0.15) is 34.1 Å². The number of aromatic nitrogens is 2. The van der Waals surface area contributed by atoms with Gasteiger partial charge in [-0.3, -0.25) is 9.59 Å². The maximum Gasteiger partial charge on any atom is 0.291 e. The highest BCUT2D eigenvalue weighted by Crippen LogP contribution is 2.40. The van der Waals surface area contributed by atoms with E-state index in [1.807, 2.05) is 6.07 Å². The van der Waals surface area contributed by atoms with Crippen molar-refractivity contribution in [3.63, 3.8) is 0 Å². The SMILES string of the molecule is CN(C)C(=O)c1nc(N)c2cc(N3C[C@@H](c4ccc(Cl)c(Oc5c(Cl)cccc5C#N)c4)CC3=O)ccc2n1. The van der Waals surface area contributed by atoms with Crippen molar-refractivity contribution in [2.24, 2.45) is 0 Å². The highest BCUT2D eigenvalue weighted by atomic mass is 35.5. The summed E-state index contributed by atoms with van der Waals surface area (Å²) in [5, 5.41) is 10.6. The highest BCUT2D eigenvalue weighted by molar-refractivity contribution is 6.33. The van der Waals surface area contributed by atoms with Crippen molar-refractivity contribution in [2.45, 2.75) is 12.3 Å². The van der Waals surface area contributed by atoms with E-state index in [2.05, 4.69) is 16.0 Å². The molecule has 0 saturated carbocycles. The molecule has 3 aromatic carbocycles. The van der Waals surface area contributed by atoms with Gasteiger partial charge in [0.1, 0.15) is 17.6 Å². The van der Waals surface area contributed by atoms with Crippen LogP contribution in [0.5, 0.6) is 11.5 Å². The molecular formula is C28H22Cl2N6O3. The average Bonchev–Trinajstić information content (AvgIpc) is 3.31. The largest absolute Gasteiger partial charge is 0.453 e. The van der Waals surface area contributed by atoms with Crippen LogP contribution in [0.15, 0.2) is 54.6 Å². The number of amides is 2. The van der Waals surface area contributed by atoms with Crippen molar-refractivity contribution in [2.75, 3.05) is 31.3 Å². The van der Waals surface area contributed by atoms with E-state index in [1.54, 1.807) is 67.5 Å². The van der Waals surface area contributed by atoms with Crippen LogP contribution < -0.4 is 15.4 Å². The maximum absolute atomic E-state index is 13.1. The summed E-state index contributed by atoms with van der Waals surface area (Å²) < 4.78 is 5.96. The number of para-hydroxylation sites is 1. The van der Waals surface area contributed by atoms with E-state index in [-0.39, 0.29) is 52.1 Å². The molecule has 1 saturated heterocycles. The van der Waals surface area contributed by atoms with E-state index in [1.165, 1.54) is 4.90 Å². The summed E-state index contributed by atoms with van der Waals surface area (Å²) in [7, 11) is 3.22. The van der Waals surface area contributed by atoms with Gasteiger partial charge in [0.05, 0.1) is 21.1 Å². The minimum atomic E-state index is -0.352. The van der Waals surface area contributed by atoms with E-state index in [4.69, 9.17) is 33.7 Å². The molecule has 39 heavy (non-hydrogen) atoms. The van der Waals surface area contributed by atoms with Crippen LogP contribution in [0.2, 0.25) is 10.0 Å². The number of carbonyl (C=O) groups is 2. The summed E-state index contributed by atoms with van der Waals surface area (Å²) >= 11 is 12.7. The molecular weight excluding hydrogens is 539 g/mol. The zero-order valence-corrected chi connectivity index (χ0v) is 22.5. The number of halogens is 2. The van der Waals surface area contributed by atoms with Crippen molar-refractivity contribution >= 4 is 57.4 Å². The summed E-state index contributed by atoms with van der Waals surface area (Å²) in [5.74, 6) is 0.173. The van der Waals surface area contributed by atoms with Gasteiger partial charge >= 0.3 is 0 Å². The van der Waals surface area contributed by atoms with Crippen LogP contribution in [-0.4, -0.2) is 47.3 Å². The number of nitrogens with zero attached hydrogens (tertiary/aromatic N) is 5. The number of anilines is 2. The van der Waals surface area contributed by atoms with Gasteiger partial charge in [-0.2, -0.15) is 5.26 Å². The molecule has 1 aliphatic heterocycles. The first-order valence-corrected chi connectivity index (χ1v) is 12.7. The Morgan fingerprint density at radius 3 is 2.67 bits per heavy atom. The summed E-state index contributed by atoms with van der Waals surface area (Å²) in [5.41, 5.74) is 8.45. The second kappa shape index (κ2) is 10.4. The van der Waals surface area contributed by atoms with Gasteiger partial charge < -0.3 is 20.3 Å². The molecule has 11 heteroatoms. The normalized spacial score (nSPS) is 14.9. The zero-order valence-electron chi connectivity index (χ0n) is 21.0. The molecule has 1 aromatic heterocycles. The van der Waals surface area contributed by atoms with Gasteiger partial charge in [0.15, 0.2) is 5.75 Å². The predicted molar refractivity (Wildman–Crippen MR) is 149 cm³/mol. The average molecular weight is 561 g/mol. The Hall–Kier alpha value is -4.39. The van der Waals surface area contributed by atoms with Crippen LogP contribution in [0, 0.1) is 11.3 Å². The van der Waals surface area contributed by atoms with Gasteiger partial charge in [-0.05, 0) is 48.0 Å². The van der Waals surface area contributed by atoms with Gasteiger partial charge in [-0.25, -0.2) is 9.97 Å². The fourth-order valence-electron chi connectivity index (χ4n) is 4.45. The molecule has 2 amide bonds. The van der Waals surface area contributed by atoms with Crippen molar-refractivity contribution < 1.29 is 14.3 Å². The Morgan fingerprint density at radius 2 is 1.92 bits per heavy atom. The second-order valence-electron chi connectivity index (χ2n) is 9.26. The molecule has 4 aromatic rings. The second-order valence-corrected chi connectivity index (χ2v) is 10.1. The topological polar surface area (TPSA) is 125 Å². The molecule has 0 unspecified atom stereocenters. The first-order chi connectivity index (χ1) is 18.7. The number of rotatable bonds is 5. The highest BCUT2D eigenvalue weighted by Gasteiger charge is 2.32. The first-order valence-electron chi connectivity index (χ1n) is 11.9. The first kappa shape index (κ1) is 26.2. The van der Waals surface area contributed by atoms with Crippen molar-refractivity contribution in [1.82, 2.24) is 14.9 Å². The van der Waals surface area contributed by atoms with Crippen LogP contribution in [0.4, 0.5) is 11.5 Å². The van der Waals surface area contributed by atoms with E-state index in [0.717, 1.165) is 5.56 Å².